The van der Waals surface area contributed by atoms with E-state index in [0.717, 1.165) is 28.5 Å². The third kappa shape index (κ3) is 2.60. The largest absolute Gasteiger partial charge is 0.496 e. The van der Waals surface area contributed by atoms with Crippen LogP contribution < -0.4 is 16.0 Å². The molecule has 0 aromatic carbocycles. The molecule has 0 spiro atoms. The van der Waals surface area contributed by atoms with Crippen LogP contribution >= 0.6 is 0 Å². The molecule has 1 aliphatic carbocycles. The Balaban J connectivity index is 2.15. The van der Waals surface area contributed by atoms with Crippen molar-refractivity contribution in [3.63, 3.8) is 0 Å². The highest BCUT2D eigenvalue weighted by Crippen LogP contribution is 2.33. The van der Waals surface area contributed by atoms with Crippen LogP contribution in [0.15, 0.2) is 22.0 Å². The van der Waals surface area contributed by atoms with Crippen molar-refractivity contribution < 1.29 is 4.74 Å². The Bertz CT molecular complexity index is 962. The highest BCUT2D eigenvalue weighted by atomic mass is 16.5. The Morgan fingerprint density at radius 1 is 1.38 bits per heavy atom. The highest BCUT2D eigenvalue weighted by Gasteiger charge is 2.27. The molecular formula is C17H18N4O3. The number of pyridine rings is 1. The van der Waals surface area contributed by atoms with Gasteiger partial charge in [0.05, 0.1) is 19.3 Å². The van der Waals surface area contributed by atoms with E-state index >= 15 is 0 Å². The molecule has 0 aliphatic heterocycles. The quantitative estimate of drug-likeness (QED) is 0.844. The van der Waals surface area contributed by atoms with Crippen molar-refractivity contribution in [1.82, 2.24) is 14.1 Å². The van der Waals surface area contributed by atoms with E-state index in [-0.39, 0.29) is 18.2 Å². The van der Waals surface area contributed by atoms with Crippen LogP contribution in [0.25, 0.3) is 0 Å². The minimum atomic E-state index is -0.583. The van der Waals surface area contributed by atoms with Crippen LogP contribution in [0.3, 0.4) is 0 Å². The number of nitrogens with zero attached hydrogens (tertiary/aromatic N) is 4. The van der Waals surface area contributed by atoms with E-state index in [1.165, 1.54) is 10.8 Å². The van der Waals surface area contributed by atoms with Gasteiger partial charge in [0.1, 0.15) is 17.4 Å². The molecule has 124 valence electrons. The topological polar surface area (TPSA) is 89.9 Å². The fourth-order valence-electron chi connectivity index (χ4n) is 2.83. The molecule has 7 heteroatoms. The first-order chi connectivity index (χ1) is 11.5. The molecule has 1 fully saturated rings. The SMILES string of the molecule is COc1c(C)cnc(Cn2c(=O)c(C#N)cn(C3CC3)c2=O)c1C. The lowest BCUT2D eigenvalue weighted by molar-refractivity contribution is 0.406. The minimum absolute atomic E-state index is 0.0162. The predicted molar refractivity (Wildman–Crippen MR) is 87.3 cm³/mol. The van der Waals surface area contributed by atoms with E-state index in [0.29, 0.717) is 11.4 Å². The van der Waals surface area contributed by atoms with Crippen LogP contribution in [0.5, 0.6) is 5.75 Å². The van der Waals surface area contributed by atoms with Gasteiger partial charge in [-0.3, -0.25) is 18.9 Å². The van der Waals surface area contributed by atoms with Crippen molar-refractivity contribution in [2.75, 3.05) is 7.11 Å². The van der Waals surface area contributed by atoms with Crippen molar-refractivity contribution in [1.29, 1.82) is 5.26 Å². The normalized spacial score (nSPS) is 13.6. The lowest BCUT2D eigenvalue weighted by Gasteiger charge is -2.14. The fraction of sp³-hybridized carbons (Fsp3) is 0.412. The molecule has 0 N–H and O–H groups in total. The number of nitriles is 1. The van der Waals surface area contributed by atoms with Gasteiger partial charge in [0.25, 0.3) is 5.56 Å². The van der Waals surface area contributed by atoms with Gasteiger partial charge in [-0.25, -0.2) is 4.79 Å². The summed E-state index contributed by atoms with van der Waals surface area (Å²) in [4.78, 5) is 29.4. The van der Waals surface area contributed by atoms with Gasteiger partial charge >= 0.3 is 5.69 Å². The maximum atomic E-state index is 12.6. The van der Waals surface area contributed by atoms with E-state index in [9.17, 15) is 14.9 Å². The molecule has 2 aromatic heterocycles. The molecule has 1 aliphatic rings. The second-order valence-corrected chi connectivity index (χ2v) is 6.01. The molecule has 0 bridgehead atoms. The Labute approximate surface area is 138 Å². The summed E-state index contributed by atoms with van der Waals surface area (Å²) in [5.74, 6) is 0.687. The molecule has 2 aromatic rings. The van der Waals surface area contributed by atoms with E-state index in [1.807, 2.05) is 19.9 Å². The lowest BCUT2D eigenvalue weighted by atomic mass is 10.1. The second kappa shape index (κ2) is 5.96. The predicted octanol–water partition coefficient (Wildman–Crippen LogP) is 1.29. The molecule has 0 saturated heterocycles. The van der Waals surface area contributed by atoms with Crippen LogP contribution in [0, 0.1) is 25.2 Å². The maximum absolute atomic E-state index is 12.6. The monoisotopic (exact) mass is 326 g/mol. The Morgan fingerprint density at radius 3 is 2.67 bits per heavy atom. The third-order valence-electron chi connectivity index (χ3n) is 4.31. The Morgan fingerprint density at radius 2 is 2.08 bits per heavy atom. The molecule has 0 atom stereocenters. The summed E-state index contributed by atoms with van der Waals surface area (Å²) < 4.78 is 7.94. The summed E-state index contributed by atoms with van der Waals surface area (Å²) in [6, 6.07) is 1.96. The van der Waals surface area contributed by atoms with Crippen molar-refractivity contribution in [2.24, 2.45) is 0 Å². The summed E-state index contributed by atoms with van der Waals surface area (Å²) >= 11 is 0. The van der Waals surface area contributed by atoms with Crippen molar-refractivity contribution in [2.45, 2.75) is 39.3 Å². The Kier molecular flexibility index (Phi) is 3.97. The van der Waals surface area contributed by atoms with Crippen molar-refractivity contribution >= 4 is 0 Å². The number of aromatic nitrogens is 3. The van der Waals surface area contributed by atoms with Crippen LogP contribution in [0.1, 0.15) is 41.3 Å². The standard InChI is InChI=1S/C17H18N4O3/c1-10-7-19-14(11(2)15(10)24-3)9-21-16(22)12(6-18)8-20(17(21)23)13-4-5-13/h7-8,13H,4-5,9H2,1-3H3. The molecule has 0 amide bonds. The van der Waals surface area contributed by atoms with Crippen LogP contribution in [0.2, 0.25) is 0 Å². The first-order valence-electron chi connectivity index (χ1n) is 7.73. The molecule has 0 unspecified atom stereocenters. The Hall–Kier alpha value is -2.88. The number of ether oxygens (including phenoxy) is 1. The van der Waals surface area contributed by atoms with Crippen LogP contribution in [-0.2, 0) is 6.54 Å². The minimum Gasteiger partial charge on any atom is -0.496 e. The number of rotatable bonds is 4. The molecule has 2 heterocycles. The molecule has 0 radical (unpaired) electrons. The zero-order chi connectivity index (χ0) is 17.4. The zero-order valence-corrected chi connectivity index (χ0v) is 13.9. The van der Waals surface area contributed by atoms with Gasteiger partial charge in [0.15, 0.2) is 0 Å². The number of aryl methyl sites for hydroxylation is 1. The van der Waals surface area contributed by atoms with Gasteiger partial charge in [0.2, 0.25) is 0 Å². The summed E-state index contributed by atoms with van der Waals surface area (Å²) in [5.41, 5.74) is 1.23. The number of hydrogen-bond acceptors (Lipinski definition) is 5. The summed E-state index contributed by atoms with van der Waals surface area (Å²) in [6.45, 7) is 3.74. The molecular weight excluding hydrogens is 308 g/mol. The van der Waals surface area contributed by atoms with Gasteiger partial charge in [0, 0.05) is 29.6 Å². The van der Waals surface area contributed by atoms with Gasteiger partial charge in [-0.15, -0.1) is 0 Å². The smallest absolute Gasteiger partial charge is 0.331 e. The molecule has 24 heavy (non-hydrogen) atoms. The maximum Gasteiger partial charge on any atom is 0.331 e. The zero-order valence-electron chi connectivity index (χ0n) is 13.9. The fourth-order valence-corrected chi connectivity index (χ4v) is 2.83. The van der Waals surface area contributed by atoms with Crippen molar-refractivity contribution in [3.8, 4) is 11.8 Å². The highest BCUT2D eigenvalue weighted by molar-refractivity contribution is 5.41. The summed E-state index contributed by atoms with van der Waals surface area (Å²) in [7, 11) is 1.57. The second-order valence-electron chi connectivity index (χ2n) is 6.01. The average Bonchev–Trinajstić information content (AvgIpc) is 3.39. The summed E-state index contributed by atoms with van der Waals surface area (Å²) in [5, 5.41) is 9.19. The van der Waals surface area contributed by atoms with Gasteiger partial charge in [-0.05, 0) is 26.7 Å². The van der Waals surface area contributed by atoms with Crippen LogP contribution in [-0.4, -0.2) is 21.2 Å². The average molecular weight is 326 g/mol. The third-order valence-corrected chi connectivity index (χ3v) is 4.31. The van der Waals surface area contributed by atoms with Crippen molar-refractivity contribution in [3.05, 3.63) is 55.6 Å². The van der Waals surface area contributed by atoms with E-state index < -0.39 is 11.2 Å². The first-order valence-corrected chi connectivity index (χ1v) is 7.73. The van der Waals surface area contributed by atoms with Crippen LogP contribution in [0.4, 0.5) is 0 Å². The van der Waals surface area contributed by atoms with E-state index in [2.05, 4.69) is 4.98 Å². The lowest BCUT2D eigenvalue weighted by Crippen LogP contribution is -2.41. The van der Waals surface area contributed by atoms with Gasteiger partial charge in [-0.2, -0.15) is 5.26 Å². The number of hydrogen-bond donors (Lipinski definition) is 0. The molecule has 1 saturated carbocycles. The summed E-state index contributed by atoms with van der Waals surface area (Å²) in [6.07, 6.45) is 4.80. The van der Waals surface area contributed by atoms with Gasteiger partial charge in [-0.1, -0.05) is 0 Å². The van der Waals surface area contributed by atoms with Gasteiger partial charge < -0.3 is 4.74 Å². The molecule has 7 nitrogen and oxygen atoms in total. The first kappa shape index (κ1) is 16.0. The van der Waals surface area contributed by atoms with E-state index in [1.54, 1.807) is 13.3 Å². The molecule has 3 rings (SSSR count). The van der Waals surface area contributed by atoms with E-state index in [4.69, 9.17) is 4.74 Å². The number of methoxy groups -OCH3 is 1.